The van der Waals surface area contributed by atoms with E-state index in [9.17, 15) is 4.79 Å². The van der Waals surface area contributed by atoms with Crippen molar-refractivity contribution in [3.63, 3.8) is 0 Å². The van der Waals surface area contributed by atoms with E-state index in [2.05, 4.69) is 5.32 Å². The van der Waals surface area contributed by atoms with Crippen LogP contribution in [0.25, 0.3) is 11.0 Å². The van der Waals surface area contributed by atoms with E-state index in [1.165, 1.54) is 0 Å². The number of halogens is 1. The lowest BCUT2D eigenvalue weighted by atomic mass is 9.88. The number of furan rings is 1. The number of fused-ring (bicyclic) bond motifs is 1. The molecule has 19 heavy (non-hydrogen) atoms. The van der Waals surface area contributed by atoms with Crippen molar-refractivity contribution in [3.8, 4) is 0 Å². The second-order valence-electron chi connectivity index (χ2n) is 5.09. The molecule has 0 aliphatic carbocycles. The van der Waals surface area contributed by atoms with Gasteiger partial charge in [-0.25, -0.2) is 0 Å². The third-order valence-corrected chi connectivity index (χ3v) is 4.22. The maximum Gasteiger partial charge on any atom is 0.217 e. The lowest BCUT2D eigenvalue weighted by molar-refractivity contribution is 0.0836. The monoisotopic (exact) mass is 277 g/mol. The first-order valence-electron chi connectivity index (χ1n) is 6.63. The van der Waals surface area contributed by atoms with E-state index in [0.717, 1.165) is 31.2 Å². The summed E-state index contributed by atoms with van der Waals surface area (Å²) in [7, 11) is 0. The Morgan fingerprint density at radius 2 is 2.32 bits per heavy atom. The van der Waals surface area contributed by atoms with E-state index in [0.29, 0.717) is 16.4 Å². The molecule has 1 N–H and O–H groups in total. The van der Waals surface area contributed by atoms with Gasteiger partial charge in [-0.3, -0.25) is 4.79 Å². The van der Waals surface area contributed by atoms with Gasteiger partial charge < -0.3 is 9.73 Å². The molecule has 0 saturated carbocycles. The summed E-state index contributed by atoms with van der Waals surface area (Å²) in [6, 6.07) is 7.18. The predicted molar refractivity (Wildman–Crippen MR) is 75.8 cm³/mol. The molecule has 1 fully saturated rings. The van der Waals surface area contributed by atoms with Crippen molar-refractivity contribution in [2.24, 2.45) is 0 Å². The number of rotatable bonds is 3. The van der Waals surface area contributed by atoms with Crippen molar-refractivity contribution >= 4 is 28.4 Å². The molecule has 1 aliphatic heterocycles. The van der Waals surface area contributed by atoms with Crippen LogP contribution in [0.1, 0.15) is 36.7 Å². The second-order valence-corrected chi connectivity index (χ2v) is 5.52. The quantitative estimate of drug-likeness (QED) is 0.868. The van der Waals surface area contributed by atoms with Crippen molar-refractivity contribution in [1.29, 1.82) is 0 Å². The normalized spacial score (nSPS) is 23.1. The Morgan fingerprint density at radius 3 is 3.00 bits per heavy atom. The molecule has 2 aromatic rings. The van der Waals surface area contributed by atoms with Crippen LogP contribution in [-0.2, 0) is 0 Å². The predicted octanol–water partition coefficient (Wildman–Crippen LogP) is 3.80. The van der Waals surface area contributed by atoms with Gasteiger partial charge in [0.05, 0.1) is 5.54 Å². The SMILES string of the molecule is CCC1(C(=O)c2cc3cc(Cl)ccc3o2)CCCN1. The molecule has 0 radical (unpaired) electrons. The van der Waals surface area contributed by atoms with E-state index >= 15 is 0 Å². The molecule has 0 bridgehead atoms. The van der Waals surface area contributed by atoms with Crippen molar-refractivity contribution in [3.05, 3.63) is 35.0 Å². The summed E-state index contributed by atoms with van der Waals surface area (Å²) in [4.78, 5) is 12.7. The summed E-state index contributed by atoms with van der Waals surface area (Å²) in [5, 5.41) is 4.86. The summed E-state index contributed by atoms with van der Waals surface area (Å²) in [5.74, 6) is 0.480. The molecular weight excluding hydrogens is 262 g/mol. The van der Waals surface area contributed by atoms with E-state index in [1.54, 1.807) is 18.2 Å². The smallest absolute Gasteiger partial charge is 0.217 e. The van der Waals surface area contributed by atoms with Crippen LogP contribution in [0.15, 0.2) is 28.7 Å². The van der Waals surface area contributed by atoms with Crippen molar-refractivity contribution in [2.75, 3.05) is 6.54 Å². The van der Waals surface area contributed by atoms with Crippen molar-refractivity contribution in [1.82, 2.24) is 5.32 Å². The number of carbonyl (C=O) groups excluding carboxylic acids is 1. The molecule has 4 heteroatoms. The number of hydrogen-bond donors (Lipinski definition) is 1. The molecule has 1 unspecified atom stereocenters. The Bertz CT molecular complexity index is 626. The molecule has 1 aliphatic rings. The first-order chi connectivity index (χ1) is 9.14. The summed E-state index contributed by atoms with van der Waals surface area (Å²) in [5.41, 5.74) is 0.259. The minimum Gasteiger partial charge on any atom is -0.453 e. The minimum absolute atomic E-state index is 0.0554. The van der Waals surface area contributed by atoms with Gasteiger partial charge in [-0.1, -0.05) is 18.5 Å². The van der Waals surface area contributed by atoms with Crippen molar-refractivity contribution < 1.29 is 9.21 Å². The zero-order valence-electron chi connectivity index (χ0n) is 10.8. The lowest BCUT2D eigenvalue weighted by Gasteiger charge is -2.24. The number of nitrogens with one attached hydrogen (secondary N) is 1. The Labute approximate surface area is 116 Å². The van der Waals surface area contributed by atoms with E-state index in [1.807, 2.05) is 13.0 Å². The summed E-state index contributed by atoms with van der Waals surface area (Å²) >= 11 is 5.95. The largest absolute Gasteiger partial charge is 0.453 e. The minimum atomic E-state index is -0.447. The summed E-state index contributed by atoms with van der Waals surface area (Å²) in [6.07, 6.45) is 2.69. The first kappa shape index (κ1) is 12.7. The number of hydrogen-bond acceptors (Lipinski definition) is 3. The van der Waals surface area contributed by atoms with Crippen LogP contribution < -0.4 is 5.32 Å². The average Bonchev–Trinajstić information content (AvgIpc) is 3.04. The number of Topliss-reactive ketones (excluding diaryl/α,β-unsaturated/α-hetero) is 1. The van der Waals surface area contributed by atoms with Gasteiger partial charge in [-0.15, -0.1) is 0 Å². The Morgan fingerprint density at radius 1 is 1.47 bits per heavy atom. The second kappa shape index (κ2) is 4.66. The third kappa shape index (κ3) is 2.07. The highest BCUT2D eigenvalue weighted by Gasteiger charge is 2.41. The zero-order valence-corrected chi connectivity index (χ0v) is 11.6. The topological polar surface area (TPSA) is 42.2 Å². The van der Waals surface area contributed by atoms with Gasteiger partial charge in [0.1, 0.15) is 5.58 Å². The van der Waals surface area contributed by atoms with Crippen LogP contribution in [0.2, 0.25) is 5.02 Å². The zero-order chi connectivity index (χ0) is 13.5. The van der Waals surface area contributed by atoms with Crippen LogP contribution >= 0.6 is 11.6 Å². The molecule has 100 valence electrons. The Balaban J connectivity index is 2.01. The van der Waals surface area contributed by atoms with Crippen LogP contribution in [0, 0.1) is 0 Å². The standard InChI is InChI=1S/C15H16ClNO2/c1-2-15(6-3-7-17-15)14(18)13-9-10-8-11(16)4-5-12(10)19-13/h4-5,8-9,17H,2-3,6-7H2,1H3. The highest BCUT2D eigenvalue weighted by atomic mass is 35.5. The molecular formula is C15H16ClNO2. The molecule has 1 atom stereocenters. The van der Waals surface area contributed by atoms with Crippen LogP contribution in [0.5, 0.6) is 0 Å². The molecule has 1 aromatic heterocycles. The van der Waals surface area contributed by atoms with Crippen molar-refractivity contribution in [2.45, 2.75) is 31.7 Å². The highest BCUT2D eigenvalue weighted by molar-refractivity contribution is 6.31. The van der Waals surface area contributed by atoms with Gasteiger partial charge in [-0.2, -0.15) is 0 Å². The Hall–Kier alpha value is -1.32. The van der Waals surface area contributed by atoms with Crippen LogP contribution in [0.4, 0.5) is 0 Å². The number of ketones is 1. The van der Waals surface area contributed by atoms with Gasteiger partial charge in [0, 0.05) is 10.4 Å². The molecule has 1 saturated heterocycles. The van der Waals surface area contributed by atoms with Crippen LogP contribution in [0.3, 0.4) is 0 Å². The third-order valence-electron chi connectivity index (χ3n) is 3.98. The number of benzene rings is 1. The fraction of sp³-hybridized carbons (Fsp3) is 0.400. The molecule has 3 rings (SSSR count). The molecule has 2 heterocycles. The summed E-state index contributed by atoms with van der Waals surface area (Å²) in [6.45, 7) is 2.93. The van der Waals surface area contributed by atoms with Gasteiger partial charge in [0.15, 0.2) is 5.76 Å². The Kier molecular flexibility index (Phi) is 3.11. The molecule has 0 amide bonds. The fourth-order valence-electron chi connectivity index (χ4n) is 2.82. The fourth-order valence-corrected chi connectivity index (χ4v) is 3.00. The average molecular weight is 278 g/mol. The van der Waals surface area contributed by atoms with Crippen LogP contribution in [-0.4, -0.2) is 17.9 Å². The van der Waals surface area contributed by atoms with Gasteiger partial charge >= 0.3 is 0 Å². The van der Waals surface area contributed by atoms with Gasteiger partial charge in [-0.05, 0) is 50.1 Å². The molecule has 1 aromatic carbocycles. The first-order valence-corrected chi connectivity index (χ1v) is 7.01. The highest BCUT2D eigenvalue weighted by Crippen LogP contribution is 2.30. The summed E-state index contributed by atoms with van der Waals surface area (Å²) < 4.78 is 5.68. The van der Waals surface area contributed by atoms with E-state index in [4.69, 9.17) is 16.0 Å². The maximum absolute atomic E-state index is 12.7. The van der Waals surface area contributed by atoms with E-state index < -0.39 is 5.54 Å². The van der Waals surface area contributed by atoms with Gasteiger partial charge in [0.25, 0.3) is 0 Å². The van der Waals surface area contributed by atoms with E-state index in [-0.39, 0.29) is 5.78 Å². The van der Waals surface area contributed by atoms with Gasteiger partial charge in [0.2, 0.25) is 5.78 Å². The lowest BCUT2D eigenvalue weighted by Crippen LogP contribution is -2.46. The maximum atomic E-state index is 12.7. The molecule has 3 nitrogen and oxygen atoms in total. The number of carbonyl (C=O) groups is 1. The molecule has 0 spiro atoms.